The number of nitrogens with one attached hydrogen (secondary N) is 2. The van der Waals surface area contributed by atoms with Crippen molar-refractivity contribution < 1.29 is 17.2 Å². The minimum atomic E-state index is -3.88. The van der Waals surface area contributed by atoms with E-state index in [9.17, 15) is 17.2 Å². The van der Waals surface area contributed by atoms with Gasteiger partial charge < -0.3 is 10.7 Å². The Morgan fingerprint density at radius 2 is 1.95 bits per heavy atom. The Morgan fingerprint density at radius 3 is 2.57 bits per heavy atom. The lowest BCUT2D eigenvalue weighted by molar-refractivity contribution is 0.0800. The highest BCUT2D eigenvalue weighted by Gasteiger charge is 2.47. The molecule has 0 radical (unpaired) electrons. The van der Waals surface area contributed by atoms with Crippen LogP contribution in [0.15, 0.2) is 47.6 Å². The normalized spacial score (nSPS) is 20.1. The third kappa shape index (κ3) is 5.27. The van der Waals surface area contributed by atoms with Gasteiger partial charge in [0.25, 0.3) is 10.0 Å². The van der Waals surface area contributed by atoms with Crippen LogP contribution in [0.25, 0.3) is 0 Å². The molecule has 9 nitrogen and oxygen atoms in total. The van der Waals surface area contributed by atoms with E-state index in [4.69, 9.17) is 5.41 Å². The van der Waals surface area contributed by atoms with Crippen LogP contribution in [0.4, 0.5) is 20.2 Å². The second-order valence-electron chi connectivity index (χ2n) is 9.74. The molecule has 2 heterocycles. The molecule has 196 valence electrons. The van der Waals surface area contributed by atoms with Gasteiger partial charge in [0.15, 0.2) is 0 Å². The van der Waals surface area contributed by atoms with Gasteiger partial charge in [-0.3, -0.25) is 4.90 Å². The average Bonchev–Trinajstić information content (AvgIpc) is 3.42. The minimum Gasteiger partial charge on any atom is -0.355 e. The second-order valence-corrected chi connectivity index (χ2v) is 11.6. The Morgan fingerprint density at radius 1 is 1.22 bits per heavy atom. The summed E-state index contributed by atoms with van der Waals surface area (Å²) in [6.45, 7) is 2.84. The smallest absolute Gasteiger partial charge is 0.264 e. The molecule has 1 atom stereocenters. The van der Waals surface area contributed by atoms with Gasteiger partial charge >= 0.3 is 0 Å². The number of rotatable bonds is 8. The van der Waals surface area contributed by atoms with Crippen LogP contribution in [0.1, 0.15) is 35.6 Å². The van der Waals surface area contributed by atoms with Crippen LogP contribution >= 0.6 is 0 Å². The van der Waals surface area contributed by atoms with Gasteiger partial charge in [-0.15, -0.1) is 5.10 Å². The van der Waals surface area contributed by atoms with Gasteiger partial charge in [-0.25, -0.2) is 17.2 Å². The number of hydrogen-bond acceptors (Lipinski definition) is 7. The van der Waals surface area contributed by atoms with Crippen molar-refractivity contribution in [3.05, 3.63) is 65.1 Å². The SMILES string of the molecule is Cc1cc(Nc2ccc(F)cc2)c(C=N)cc1[C@H]1CN(S(=O)(=O)c2cnn(C)n2)CCN1CC1(F)CC1. The highest BCUT2D eigenvalue weighted by molar-refractivity contribution is 7.89. The molecule has 5 rings (SSSR count). The fraction of sp³-hybridized carbons (Fsp3) is 0.400. The first-order chi connectivity index (χ1) is 17.6. The number of alkyl halides is 1. The Hall–Kier alpha value is -3.22. The summed E-state index contributed by atoms with van der Waals surface area (Å²) in [6.07, 6.45) is 3.45. The van der Waals surface area contributed by atoms with E-state index < -0.39 is 21.7 Å². The number of aryl methyl sites for hydroxylation is 2. The lowest BCUT2D eigenvalue weighted by Gasteiger charge is -2.42. The zero-order valence-corrected chi connectivity index (χ0v) is 21.5. The third-order valence-electron chi connectivity index (χ3n) is 6.99. The predicted octanol–water partition coefficient (Wildman–Crippen LogP) is 3.55. The second kappa shape index (κ2) is 9.58. The molecule has 1 saturated carbocycles. The summed E-state index contributed by atoms with van der Waals surface area (Å²) in [7, 11) is -2.33. The maximum atomic E-state index is 14.9. The quantitative estimate of drug-likeness (QED) is 0.432. The molecule has 1 saturated heterocycles. The number of aromatic nitrogens is 3. The van der Waals surface area contributed by atoms with E-state index in [1.54, 1.807) is 19.2 Å². The summed E-state index contributed by atoms with van der Waals surface area (Å²) < 4.78 is 56.2. The number of piperazine rings is 1. The third-order valence-corrected chi connectivity index (χ3v) is 8.72. The maximum Gasteiger partial charge on any atom is 0.264 e. The number of halogens is 2. The first-order valence-electron chi connectivity index (χ1n) is 12.0. The zero-order valence-electron chi connectivity index (χ0n) is 20.7. The van der Waals surface area contributed by atoms with Crippen molar-refractivity contribution >= 4 is 27.6 Å². The molecule has 0 unspecified atom stereocenters. The van der Waals surface area contributed by atoms with Gasteiger partial charge in [0, 0.05) is 62.4 Å². The molecule has 3 aromatic rings. The zero-order chi connectivity index (χ0) is 26.4. The fourth-order valence-electron chi connectivity index (χ4n) is 4.75. The van der Waals surface area contributed by atoms with Crippen LogP contribution in [-0.2, 0) is 17.1 Å². The van der Waals surface area contributed by atoms with Gasteiger partial charge in [0.2, 0.25) is 5.03 Å². The van der Waals surface area contributed by atoms with E-state index in [1.807, 2.05) is 24.0 Å². The van der Waals surface area contributed by atoms with E-state index in [0.29, 0.717) is 36.3 Å². The highest BCUT2D eigenvalue weighted by Crippen LogP contribution is 2.43. The molecule has 0 amide bonds. The summed E-state index contributed by atoms with van der Waals surface area (Å²) in [4.78, 5) is 3.22. The minimum absolute atomic E-state index is 0.123. The molecule has 2 aromatic carbocycles. The Balaban J connectivity index is 1.49. The van der Waals surface area contributed by atoms with Crippen LogP contribution in [-0.4, -0.2) is 70.7 Å². The fourth-order valence-corrected chi connectivity index (χ4v) is 6.08. The molecule has 2 N–H and O–H groups in total. The molecular weight excluding hydrogens is 500 g/mol. The molecule has 1 aliphatic heterocycles. The molecule has 1 aliphatic carbocycles. The number of sulfonamides is 1. The van der Waals surface area contributed by atoms with Gasteiger partial charge in [-0.05, 0) is 67.3 Å². The number of benzene rings is 2. The van der Waals surface area contributed by atoms with E-state index in [-0.39, 0.29) is 30.5 Å². The van der Waals surface area contributed by atoms with Crippen LogP contribution in [0.2, 0.25) is 0 Å². The molecule has 2 fully saturated rings. The lowest BCUT2D eigenvalue weighted by atomic mass is 9.94. The topological polar surface area (TPSA) is 107 Å². The van der Waals surface area contributed by atoms with Crippen molar-refractivity contribution in [2.45, 2.75) is 36.5 Å². The first kappa shape index (κ1) is 25.4. The van der Waals surface area contributed by atoms with E-state index in [2.05, 4.69) is 15.5 Å². The first-order valence-corrected chi connectivity index (χ1v) is 13.5. The summed E-state index contributed by atoms with van der Waals surface area (Å²) in [5.41, 5.74) is 2.37. The van der Waals surface area contributed by atoms with Crippen molar-refractivity contribution in [1.29, 1.82) is 5.41 Å². The largest absolute Gasteiger partial charge is 0.355 e. The average molecular weight is 530 g/mol. The van der Waals surface area contributed by atoms with Crippen molar-refractivity contribution in [2.75, 3.05) is 31.5 Å². The van der Waals surface area contributed by atoms with Crippen LogP contribution in [0.3, 0.4) is 0 Å². The Labute approximate surface area is 214 Å². The van der Waals surface area contributed by atoms with Crippen LogP contribution in [0, 0.1) is 18.2 Å². The van der Waals surface area contributed by atoms with Crippen molar-refractivity contribution in [3.63, 3.8) is 0 Å². The summed E-state index contributed by atoms with van der Waals surface area (Å²) >= 11 is 0. The molecule has 12 heteroatoms. The van der Waals surface area contributed by atoms with Gasteiger partial charge in [0.05, 0.1) is 6.20 Å². The molecule has 2 aliphatic rings. The highest BCUT2D eigenvalue weighted by atomic mass is 32.2. The van der Waals surface area contributed by atoms with Crippen molar-refractivity contribution in [2.24, 2.45) is 7.05 Å². The van der Waals surface area contributed by atoms with E-state index in [1.165, 1.54) is 33.6 Å². The summed E-state index contributed by atoms with van der Waals surface area (Å²) in [6, 6.07) is 9.25. The van der Waals surface area contributed by atoms with Crippen molar-refractivity contribution in [3.8, 4) is 0 Å². The number of anilines is 2. The number of hydrogen-bond donors (Lipinski definition) is 2. The molecule has 0 bridgehead atoms. The molecule has 37 heavy (non-hydrogen) atoms. The monoisotopic (exact) mass is 529 g/mol. The van der Waals surface area contributed by atoms with E-state index >= 15 is 0 Å². The standard InChI is InChI=1S/C25H29F2N7O2S/c1-17-11-22(30-20-5-3-19(26)4-6-20)18(13-28)12-21(17)23-15-34(10-9-33(23)16-25(27)7-8-25)37(35,36)24-14-29-32(2)31-24/h3-6,11-14,23,28,30H,7-10,15-16H2,1-2H3/t23-/m1/s1. The van der Waals surface area contributed by atoms with Gasteiger partial charge in [0.1, 0.15) is 11.5 Å². The van der Waals surface area contributed by atoms with Crippen molar-refractivity contribution in [1.82, 2.24) is 24.2 Å². The number of nitrogens with zero attached hydrogens (tertiary/aromatic N) is 5. The Kier molecular flexibility index (Phi) is 6.59. The molecule has 0 spiro atoms. The maximum absolute atomic E-state index is 14.9. The van der Waals surface area contributed by atoms with Crippen LogP contribution < -0.4 is 5.32 Å². The Bertz CT molecular complexity index is 1420. The summed E-state index contributed by atoms with van der Waals surface area (Å²) in [5, 5.41) is 19.0. The predicted molar refractivity (Wildman–Crippen MR) is 136 cm³/mol. The molecular formula is C25H29F2N7O2S. The molecule has 1 aromatic heterocycles. The van der Waals surface area contributed by atoms with Gasteiger partial charge in [-0.2, -0.15) is 14.2 Å². The van der Waals surface area contributed by atoms with Crippen LogP contribution in [0.5, 0.6) is 0 Å². The van der Waals surface area contributed by atoms with Gasteiger partial charge in [-0.1, -0.05) is 0 Å². The van der Waals surface area contributed by atoms with E-state index in [0.717, 1.165) is 11.1 Å². The summed E-state index contributed by atoms with van der Waals surface area (Å²) in [5.74, 6) is -0.343. The lowest BCUT2D eigenvalue weighted by Crippen LogP contribution is -2.52.